The largest absolute Gasteiger partial charge is 0.508 e. The molecule has 0 spiro atoms. The summed E-state index contributed by atoms with van der Waals surface area (Å²) in [5.74, 6) is -4.02. The number of rotatable bonds is 8. The summed E-state index contributed by atoms with van der Waals surface area (Å²) < 4.78 is 0. The Bertz CT molecular complexity index is 1860. The van der Waals surface area contributed by atoms with Crippen molar-refractivity contribution in [2.24, 2.45) is 5.92 Å². The Kier molecular flexibility index (Phi) is 11.7. The molecule has 9 N–H and O–H groups in total. The molecule has 5 amide bonds. The molecule has 0 saturated carbocycles. The Hall–Kier alpha value is -6.38. The first-order chi connectivity index (χ1) is 24.9. The van der Waals surface area contributed by atoms with Gasteiger partial charge in [0.25, 0.3) is 0 Å². The SMILES string of the molecule is CC(C)C[C@H]1NC(=O)[C@H](c2ccc(O)cc2)NC(=O)[C@H](c2ccc(O)cc2)NC(=O)[C@@H](Cc2cnc[nH]2)NC(=O)[C@H](Cc2ccc(O)cc2)NC1=O. The highest BCUT2D eigenvalue weighted by molar-refractivity contribution is 5.98. The summed E-state index contributed by atoms with van der Waals surface area (Å²) >= 11 is 0. The number of aromatic amines is 1. The van der Waals surface area contributed by atoms with Crippen LogP contribution in [0.2, 0.25) is 0 Å². The smallest absolute Gasteiger partial charge is 0.248 e. The number of aromatic nitrogens is 2. The van der Waals surface area contributed by atoms with E-state index in [4.69, 9.17) is 0 Å². The van der Waals surface area contributed by atoms with Crippen LogP contribution in [0.3, 0.4) is 0 Å². The van der Waals surface area contributed by atoms with Crippen LogP contribution < -0.4 is 26.6 Å². The van der Waals surface area contributed by atoms with Crippen LogP contribution in [-0.2, 0) is 36.8 Å². The van der Waals surface area contributed by atoms with Crippen LogP contribution in [-0.4, -0.2) is 72.9 Å². The van der Waals surface area contributed by atoms with E-state index >= 15 is 0 Å². The van der Waals surface area contributed by atoms with Crippen molar-refractivity contribution >= 4 is 29.5 Å². The molecule has 3 aromatic carbocycles. The van der Waals surface area contributed by atoms with E-state index in [9.17, 15) is 39.3 Å². The Morgan fingerprint density at radius 2 is 0.981 bits per heavy atom. The molecule has 15 nitrogen and oxygen atoms in total. The maximum Gasteiger partial charge on any atom is 0.248 e. The fraction of sp³-hybridized carbons (Fsp3) is 0.297. The van der Waals surface area contributed by atoms with Crippen molar-refractivity contribution < 1.29 is 39.3 Å². The predicted octanol–water partition coefficient (Wildman–Crippen LogP) is 1.54. The minimum Gasteiger partial charge on any atom is -0.508 e. The summed E-state index contributed by atoms with van der Waals surface area (Å²) in [6, 6.07) is 10.6. The molecule has 0 aliphatic carbocycles. The van der Waals surface area contributed by atoms with Crippen LogP contribution in [0.1, 0.15) is 54.7 Å². The summed E-state index contributed by atoms with van der Waals surface area (Å²) in [7, 11) is 0. The molecule has 2 heterocycles. The molecule has 1 aromatic heterocycles. The normalized spacial score (nSPS) is 21.9. The first-order valence-corrected chi connectivity index (χ1v) is 16.7. The van der Waals surface area contributed by atoms with Crippen molar-refractivity contribution in [2.75, 3.05) is 0 Å². The first kappa shape index (κ1) is 36.9. The van der Waals surface area contributed by atoms with Gasteiger partial charge in [0, 0.05) is 24.7 Å². The summed E-state index contributed by atoms with van der Waals surface area (Å²) in [4.78, 5) is 77.3. The highest BCUT2D eigenvalue weighted by atomic mass is 16.3. The zero-order chi connectivity index (χ0) is 37.4. The van der Waals surface area contributed by atoms with Crippen molar-refractivity contribution in [3.8, 4) is 17.2 Å². The lowest BCUT2D eigenvalue weighted by Gasteiger charge is -2.27. The van der Waals surface area contributed by atoms with Crippen LogP contribution in [0, 0.1) is 5.92 Å². The van der Waals surface area contributed by atoms with E-state index in [1.165, 1.54) is 73.2 Å². The van der Waals surface area contributed by atoms with Crippen LogP contribution in [0.4, 0.5) is 0 Å². The number of hydrogen-bond acceptors (Lipinski definition) is 9. The highest BCUT2D eigenvalue weighted by Gasteiger charge is 2.36. The molecule has 4 aromatic rings. The Labute approximate surface area is 299 Å². The molecular weight excluding hydrogens is 670 g/mol. The van der Waals surface area contributed by atoms with Crippen molar-refractivity contribution in [3.05, 3.63) is 108 Å². The van der Waals surface area contributed by atoms with Crippen molar-refractivity contribution in [2.45, 2.75) is 63.3 Å². The second kappa shape index (κ2) is 16.6. The molecule has 5 rings (SSSR count). The predicted molar refractivity (Wildman–Crippen MR) is 187 cm³/mol. The summed E-state index contributed by atoms with van der Waals surface area (Å²) in [5.41, 5.74) is 1.60. The van der Waals surface area contributed by atoms with E-state index in [1.54, 1.807) is 12.1 Å². The number of carbonyl (C=O) groups is 5. The fourth-order valence-corrected chi connectivity index (χ4v) is 5.81. The van der Waals surface area contributed by atoms with Crippen LogP contribution in [0.5, 0.6) is 17.2 Å². The molecule has 1 aliphatic rings. The third-order valence-corrected chi connectivity index (χ3v) is 8.51. The zero-order valence-electron chi connectivity index (χ0n) is 28.5. The topological polar surface area (TPSA) is 235 Å². The van der Waals surface area contributed by atoms with Gasteiger partial charge in [0.2, 0.25) is 29.5 Å². The van der Waals surface area contributed by atoms with Gasteiger partial charge in [0.05, 0.1) is 6.33 Å². The second-order valence-corrected chi connectivity index (χ2v) is 13.0. The third kappa shape index (κ3) is 9.65. The van der Waals surface area contributed by atoms with E-state index in [0.29, 0.717) is 11.3 Å². The van der Waals surface area contributed by atoms with E-state index in [2.05, 4.69) is 36.6 Å². The zero-order valence-corrected chi connectivity index (χ0v) is 28.5. The lowest BCUT2D eigenvalue weighted by Crippen LogP contribution is -2.58. The van der Waals surface area contributed by atoms with Gasteiger partial charge in [-0.05, 0) is 65.4 Å². The molecule has 272 valence electrons. The number of amides is 5. The minimum atomic E-state index is -1.43. The lowest BCUT2D eigenvalue weighted by atomic mass is 9.99. The van der Waals surface area contributed by atoms with Crippen LogP contribution in [0.15, 0.2) is 85.3 Å². The van der Waals surface area contributed by atoms with Gasteiger partial charge in [-0.3, -0.25) is 24.0 Å². The van der Waals surface area contributed by atoms with Crippen LogP contribution in [0.25, 0.3) is 0 Å². The molecule has 5 atom stereocenters. The average Bonchev–Trinajstić information content (AvgIpc) is 3.63. The van der Waals surface area contributed by atoms with E-state index in [1.807, 2.05) is 13.8 Å². The number of benzene rings is 3. The number of nitrogens with zero attached hydrogens (tertiary/aromatic N) is 1. The number of nitrogens with one attached hydrogen (secondary N) is 6. The van der Waals surface area contributed by atoms with Gasteiger partial charge in [-0.15, -0.1) is 0 Å². The van der Waals surface area contributed by atoms with Crippen molar-refractivity contribution in [1.82, 2.24) is 36.6 Å². The number of carbonyl (C=O) groups excluding carboxylic acids is 5. The fourth-order valence-electron chi connectivity index (χ4n) is 5.81. The maximum absolute atomic E-state index is 14.2. The van der Waals surface area contributed by atoms with Crippen molar-refractivity contribution in [3.63, 3.8) is 0 Å². The van der Waals surface area contributed by atoms with Gasteiger partial charge in [0.15, 0.2) is 0 Å². The lowest BCUT2D eigenvalue weighted by molar-refractivity contribution is -0.134. The second-order valence-electron chi connectivity index (χ2n) is 13.0. The highest BCUT2D eigenvalue weighted by Crippen LogP contribution is 2.23. The summed E-state index contributed by atoms with van der Waals surface area (Å²) in [5, 5.41) is 43.4. The molecule has 52 heavy (non-hydrogen) atoms. The Morgan fingerprint density at radius 1 is 0.558 bits per heavy atom. The Balaban J connectivity index is 1.61. The van der Waals surface area contributed by atoms with Gasteiger partial charge in [-0.1, -0.05) is 50.2 Å². The number of imidazole rings is 1. The van der Waals surface area contributed by atoms with Crippen LogP contribution >= 0.6 is 0 Å². The maximum atomic E-state index is 14.2. The molecular formula is C37H41N7O8. The van der Waals surface area contributed by atoms with Gasteiger partial charge in [-0.2, -0.15) is 0 Å². The average molecular weight is 712 g/mol. The quantitative estimate of drug-likeness (QED) is 0.129. The molecule has 0 radical (unpaired) electrons. The molecule has 1 aliphatic heterocycles. The van der Waals surface area contributed by atoms with Crippen molar-refractivity contribution in [1.29, 1.82) is 0 Å². The summed E-state index contributed by atoms with van der Waals surface area (Å²) in [6.07, 6.45) is 2.94. The number of aromatic hydroxyl groups is 3. The number of phenols is 3. The molecule has 0 unspecified atom stereocenters. The third-order valence-electron chi connectivity index (χ3n) is 8.51. The van der Waals surface area contributed by atoms with Gasteiger partial charge in [-0.25, -0.2) is 4.98 Å². The van der Waals surface area contributed by atoms with E-state index < -0.39 is 59.7 Å². The van der Waals surface area contributed by atoms with E-state index in [0.717, 1.165) is 0 Å². The standard InChI is InChI=1S/C37H41N7O8/c1-20(2)15-28-33(48)40-29(16-21-3-9-25(45)10-4-21)34(49)41-30(17-24-18-38-19-39-24)35(50)43-32(23-7-13-27(47)14-8-23)37(52)44-31(36(51)42-28)22-5-11-26(46)12-6-22/h3-14,18-20,28-32,45-47H,15-17H2,1-2H3,(H,38,39)(H,40,48)(H,41,49)(H,42,51)(H,43,50)(H,44,52)/t28-,29+,30-,31+,32+/m1/s1. The number of H-pyrrole nitrogens is 1. The Morgan fingerprint density at radius 3 is 1.48 bits per heavy atom. The van der Waals surface area contributed by atoms with Gasteiger partial charge in [0.1, 0.15) is 47.5 Å². The summed E-state index contributed by atoms with van der Waals surface area (Å²) in [6.45, 7) is 3.71. The molecule has 1 fully saturated rings. The molecule has 15 heteroatoms. The van der Waals surface area contributed by atoms with Gasteiger partial charge < -0.3 is 46.9 Å². The molecule has 1 saturated heterocycles. The number of hydrogen-bond donors (Lipinski definition) is 9. The minimum absolute atomic E-state index is 0.00448. The van der Waals surface area contributed by atoms with Gasteiger partial charge >= 0.3 is 0 Å². The first-order valence-electron chi connectivity index (χ1n) is 16.7. The molecule has 0 bridgehead atoms. The van der Waals surface area contributed by atoms with E-state index in [-0.39, 0.29) is 53.6 Å². The number of phenolic OH excluding ortho intramolecular Hbond substituents is 3. The monoisotopic (exact) mass is 711 g/mol.